The van der Waals surface area contributed by atoms with Crippen molar-refractivity contribution in [2.45, 2.75) is 45.4 Å². The Hall–Kier alpha value is -2.04. The Labute approximate surface area is 125 Å². The fraction of sp³-hybridized carbons (Fsp3) is 0.500. The standard InChI is InChI=1S/C16H24N4O/c1-2-3-4-5-6-9-12-17-16(21)18-15-13-10-7-8-11-14(13)19-20-15/h7-8,10-11H,2-6,9,12H2,1H3,(H3,17,18,19,20,21). The van der Waals surface area contributed by atoms with Gasteiger partial charge in [-0.1, -0.05) is 51.2 Å². The van der Waals surface area contributed by atoms with Crippen LogP contribution in [0.3, 0.4) is 0 Å². The van der Waals surface area contributed by atoms with E-state index in [1.165, 1.54) is 32.1 Å². The van der Waals surface area contributed by atoms with Crippen molar-refractivity contribution in [2.24, 2.45) is 0 Å². The van der Waals surface area contributed by atoms with E-state index in [4.69, 9.17) is 0 Å². The number of benzene rings is 1. The molecule has 0 saturated heterocycles. The number of aromatic amines is 1. The molecule has 1 heterocycles. The van der Waals surface area contributed by atoms with Gasteiger partial charge in [0, 0.05) is 11.9 Å². The largest absolute Gasteiger partial charge is 0.338 e. The Kier molecular flexibility index (Phi) is 6.06. The first-order valence-corrected chi connectivity index (χ1v) is 7.79. The Bertz CT molecular complexity index is 564. The Balaban J connectivity index is 1.68. The van der Waals surface area contributed by atoms with Crippen molar-refractivity contribution < 1.29 is 4.79 Å². The maximum absolute atomic E-state index is 11.8. The van der Waals surface area contributed by atoms with Gasteiger partial charge in [-0.15, -0.1) is 0 Å². The maximum atomic E-state index is 11.8. The zero-order valence-corrected chi connectivity index (χ0v) is 12.6. The molecule has 21 heavy (non-hydrogen) atoms. The molecule has 2 rings (SSSR count). The smallest absolute Gasteiger partial charge is 0.320 e. The second-order valence-corrected chi connectivity index (χ2v) is 5.27. The number of para-hydroxylation sites is 1. The molecule has 2 aromatic rings. The van der Waals surface area contributed by atoms with Crippen molar-refractivity contribution in [2.75, 3.05) is 11.9 Å². The van der Waals surface area contributed by atoms with Crippen LogP contribution in [-0.2, 0) is 0 Å². The lowest BCUT2D eigenvalue weighted by molar-refractivity contribution is 0.252. The highest BCUT2D eigenvalue weighted by molar-refractivity contribution is 5.98. The molecule has 0 atom stereocenters. The van der Waals surface area contributed by atoms with Gasteiger partial charge in [0.2, 0.25) is 0 Å². The molecule has 114 valence electrons. The Morgan fingerprint density at radius 2 is 1.90 bits per heavy atom. The minimum absolute atomic E-state index is 0.194. The third-order valence-corrected chi connectivity index (χ3v) is 3.52. The summed E-state index contributed by atoms with van der Waals surface area (Å²) in [7, 11) is 0. The monoisotopic (exact) mass is 288 g/mol. The first-order valence-electron chi connectivity index (χ1n) is 7.79. The minimum atomic E-state index is -0.194. The molecule has 0 radical (unpaired) electrons. The van der Waals surface area contributed by atoms with Crippen LogP contribution in [0.5, 0.6) is 0 Å². The van der Waals surface area contributed by atoms with E-state index in [0.717, 1.165) is 17.3 Å². The summed E-state index contributed by atoms with van der Waals surface area (Å²) in [5.74, 6) is 0.575. The van der Waals surface area contributed by atoms with E-state index >= 15 is 0 Å². The van der Waals surface area contributed by atoms with Crippen LogP contribution >= 0.6 is 0 Å². The third kappa shape index (κ3) is 4.77. The lowest BCUT2D eigenvalue weighted by atomic mass is 10.1. The number of carbonyl (C=O) groups excluding carboxylic acids is 1. The molecular weight excluding hydrogens is 264 g/mol. The van der Waals surface area contributed by atoms with Gasteiger partial charge in [-0.3, -0.25) is 10.4 Å². The Morgan fingerprint density at radius 1 is 1.14 bits per heavy atom. The number of amides is 2. The van der Waals surface area contributed by atoms with Crippen LogP contribution in [0.4, 0.5) is 10.6 Å². The summed E-state index contributed by atoms with van der Waals surface area (Å²) in [5.41, 5.74) is 0.920. The first kappa shape index (κ1) is 15.4. The number of hydrogen-bond donors (Lipinski definition) is 3. The van der Waals surface area contributed by atoms with Gasteiger partial charge in [-0.2, -0.15) is 5.10 Å². The fourth-order valence-electron chi connectivity index (χ4n) is 2.32. The second kappa shape index (κ2) is 8.29. The average Bonchev–Trinajstić information content (AvgIpc) is 2.90. The van der Waals surface area contributed by atoms with Gasteiger partial charge in [-0.25, -0.2) is 4.79 Å². The van der Waals surface area contributed by atoms with Crippen molar-refractivity contribution in [3.8, 4) is 0 Å². The summed E-state index contributed by atoms with van der Waals surface area (Å²) in [4.78, 5) is 11.8. The number of carbonyl (C=O) groups is 1. The molecule has 5 heteroatoms. The molecule has 0 saturated carbocycles. The van der Waals surface area contributed by atoms with Crippen LogP contribution in [-0.4, -0.2) is 22.8 Å². The summed E-state index contributed by atoms with van der Waals surface area (Å²) >= 11 is 0. The van der Waals surface area contributed by atoms with Crippen molar-refractivity contribution in [3.63, 3.8) is 0 Å². The summed E-state index contributed by atoms with van der Waals surface area (Å²) in [6, 6.07) is 7.53. The molecule has 0 aliphatic carbocycles. The second-order valence-electron chi connectivity index (χ2n) is 5.27. The van der Waals surface area contributed by atoms with E-state index < -0.39 is 0 Å². The molecule has 2 amide bonds. The highest BCUT2D eigenvalue weighted by Gasteiger charge is 2.07. The van der Waals surface area contributed by atoms with Crippen LogP contribution in [0.15, 0.2) is 24.3 Å². The number of nitrogens with zero attached hydrogens (tertiary/aromatic N) is 1. The van der Waals surface area contributed by atoms with E-state index in [0.29, 0.717) is 12.4 Å². The molecule has 0 unspecified atom stereocenters. The van der Waals surface area contributed by atoms with Crippen LogP contribution in [0.25, 0.3) is 10.9 Å². The van der Waals surface area contributed by atoms with Crippen LogP contribution < -0.4 is 10.6 Å². The van der Waals surface area contributed by atoms with E-state index in [1.54, 1.807) is 0 Å². The predicted octanol–water partition coefficient (Wildman–Crippen LogP) is 4.04. The average molecular weight is 288 g/mol. The first-order chi connectivity index (χ1) is 10.3. The van der Waals surface area contributed by atoms with Gasteiger partial charge >= 0.3 is 6.03 Å². The van der Waals surface area contributed by atoms with Gasteiger partial charge in [-0.05, 0) is 18.6 Å². The number of nitrogens with one attached hydrogen (secondary N) is 3. The normalized spacial score (nSPS) is 10.7. The van der Waals surface area contributed by atoms with Gasteiger partial charge in [0.25, 0.3) is 0 Å². The number of fused-ring (bicyclic) bond motifs is 1. The molecule has 0 bridgehead atoms. The molecule has 3 N–H and O–H groups in total. The van der Waals surface area contributed by atoms with E-state index in [9.17, 15) is 4.79 Å². The molecule has 0 aliphatic rings. The number of aromatic nitrogens is 2. The molecule has 0 aliphatic heterocycles. The van der Waals surface area contributed by atoms with E-state index in [1.807, 2.05) is 24.3 Å². The van der Waals surface area contributed by atoms with Crippen molar-refractivity contribution in [1.82, 2.24) is 15.5 Å². The molecule has 0 fully saturated rings. The molecule has 5 nitrogen and oxygen atoms in total. The van der Waals surface area contributed by atoms with Crippen LogP contribution in [0, 0.1) is 0 Å². The number of hydrogen-bond acceptors (Lipinski definition) is 2. The number of rotatable bonds is 8. The van der Waals surface area contributed by atoms with Crippen LogP contribution in [0.2, 0.25) is 0 Å². The number of H-pyrrole nitrogens is 1. The molecule has 0 spiro atoms. The van der Waals surface area contributed by atoms with Crippen molar-refractivity contribution in [3.05, 3.63) is 24.3 Å². The lowest BCUT2D eigenvalue weighted by Crippen LogP contribution is -2.29. The van der Waals surface area contributed by atoms with Gasteiger partial charge < -0.3 is 5.32 Å². The topological polar surface area (TPSA) is 69.8 Å². The van der Waals surface area contributed by atoms with E-state index in [-0.39, 0.29) is 6.03 Å². The molecular formula is C16H24N4O. The lowest BCUT2D eigenvalue weighted by Gasteiger charge is -2.06. The quantitative estimate of drug-likeness (QED) is 0.641. The van der Waals surface area contributed by atoms with Crippen molar-refractivity contribution in [1.29, 1.82) is 0 Å². The Morgan fingerprint density at radius 3 is 2.76 bits per heavy atom. The highest BCUT2D eigenvalue weighted by Crippen LogP contribution is 2.19. The van der Waals surface area contributed by atoms with Gasteiger partial charge in [0.15, 0.2) is 5.82 Å². The minimum Gasteiger partial charge on any atom is -0.338 e. The fourth-order valence-corrected chi connectivity index (χ4v) is 2.32. The number of anilines is 1. The van der Waals surface area contributed by atoms with Crippen molar-refractivity contribution >= 4 is 22.8 Å². The van der Waals surface area contributed by atoms with Gasteiger partial charge in [0.1, 0.15) is 0 Å². The SMILES string of the molecule is CCCCCCCCNC(=O)Nc1n[nH]c2ccccc12. The maximum Gasteiger partial charge on any atom is 0.320 e. The summed E-state index contributed by atoms with van der Waals surface area (Å²) in [5, 5.41) is 13.6. The van der Waals surface area contributed by atoms with Crippen LogP contribution in [0.1, 0.15) is 45.4 Å². The zero-order chi connectivity index (χ0) is 14.9. The zero-order valence-electron chi connectivity index (χ0n) is 12.6. The third-order valence-electron chi connectivity index (χ3n) is 3.52. The van der Waals surface area contributed by atoms with Gasteiger partial charge in [0.05, 0.1) is 5.52 Å². The predicted molar refractivity (Wildman–Crippen MR) is 86.5 cm³/mol. The molecule has 1 aromatic carbocycles. The summed E-state index contributed by atoms with van der Waals surface area (Å²) in [6.07, 6.45) is 7.31. The number of urea groups is 1. The number of unbranched alkanes of at least 4 members (excludes halogenated alkanes) is 5. The molecule has 1 aromatic heterocycles. The highest BCUT2D eigenvalue weighted by atomic mass is 16.2. The summed E-state index contributed by atoms with van der Waals surface area (Å²) in [6.45, 7) is 2.92. The summed E-state index contributed by atoms with van der Waals surface area (Å²) < 4.78 is 0. The van der Waals surface area contributed by atoms with E-state index in [2.05, 4.69) is 27.8 Å².